The minimum absolute atomic E-state index is 0.288. The van der Waals surface area contributed by atoms with Gasteiger partial charge < -0.3 is 13.6 Å². The van der Waals surface area contributed by atoms with Crippen molar-refractivity contribution in [2.24, 2.45) is 0 Å². The molecule has 0 radical (unpaired) electrons. The minimum atomic E-state index is -4.23. The lowest BCUT2D eigenvalue weighted by Gasteiger charge is -2.22. The van der Waals surface area contributed by atoms with Crippen molar-refractivity contribution in [3.8, 4) is 17.2 Å². The van der Waals surface area contributed by atoms with Gasteiger partial charge in [-0.2, -0.15) is 4.57 Å². The van der Waals surface area contributed by atoms with Crippen LogP contribution in [0.3, 0.4) is 0 Å². The number of phosphoric ester groups is 1. The van der Waals surface area contributed by atoms with Crippen LogP contribution >= 0.6 is 103 Å². The van der Waals surface area contributed by atoms with E-state index in [0.717, 1.165) is 21.8 Å². The van der Waals surface area contributed by atoms with Crippen LogP contribution in [0.15, 0.2) is 75.4 Å². The van der Waals surface area contributed by atoms with E-state index in [2.05, 4.69) is 103 Å². The van der Waals surface area contributed by atoms with Crippen molar-refractivity contribution in [1.82, 2.24) is 0 Å². The summed E-state index contributed by atoms with van der Waals surface area (Å²) in [5, 5.41) is 0. The van der Waals surface area contributed by atoms with E-state index in [1.807, 2.05) is 12.1 Å². The van der Waals surface area contributed by atoms with Crippen LogP contribution in [0.25, 0.3) is 0 Å². The van der Waals surface area contributed by atoms with Crippen LogP contribution in [0.4, 0.5) is 0 Å². The smallest absolute Gasteiger partial charge is 0.386 e. The summed E-state index contributed by atoms with van der Waals surface area (Å²) in [7, 11) is -4.23. The molecule has 0 unspecified atom stereocenters. The maximum Gasteiger partial charge on any atom is 0.647 e. The SMILES string of the molecule is CCCCCCCCc1ccc(OP(=O)(Oc2c(Br)cc(Br)cc2Br)Oc2c(Br)cc(Br)cc2Br)cc1. The molecule has 0 aliphatic carbocycles. The molecule has 0 aromatic heterocycles. The Morgan fingerprint density at radius 1 is 0.622 bits per heavy atom. The van der Waals surface area contributed by atoms with Gasteiger partial charge in [0.25, 0.3) is 0 Å². The third-order valence-electron chi connectivity index (χ3n) is 5.29. The van der Waals surface area contributed by atoms with Crippen molar-refractivity contribution in [2.75, 3.05) is 0 Å². The van der Waals surface area contributed by atoms with Gasteiger partial charge in [-0.15, -0.1) is 0 Å². The lowest BCUT2D eigenvalue weighted by molar-refractivity contribution is 0.296. The van der Waals surface area contributed by atoms with Gasteiger partial charge in [-0.1, -0.05) is 83.0 Å². The minimum Gasteiger partial charge on any atom is -0.386 e. The van der Waals surface area contributed by atoms with E-state index in [4.69, 9.17) is 13.6 Å². The first-order valence-electron chi connectivity index (χ1n) is 11.7. The Bertz CT molecular complexity index is 1140. The van der Waals surface area contributed by atoms with Crippen molar-refractivity contribution in [1.29, 1.82) is 0 Å². The Kier molecular flexibility index (Phi) is 13.1. The van der Waals surface area contributed by atoms with E-state index in [9.17, 15) is 4.57 Å². The molecule has 200 valence electrons. The first-order chi connectivity index (χ1) is 17.6. The Morgan fingerprint density at radius 3 is 1.51 bits per heavy atom. The third kappa shape index (κ3) is 9.94. The molecule has 3 rings (SSSR count). The molecule has 4 nitrogen and oxygen atoms in total. The van der Waals surface area contributed by atoms with Crippen molar-refractivity contribution < 1.29 is 18.1 Å². The van der Waals surface area contributed by atoms with Crippen LogP contribution in [0.5, 0.6) is 17.2 Å². The van der Waals surface area contributed by atoms with Gasteiger partial charge in [0.05, 0.1) is 17.9 Å². The quantitative estimate of drug-likeness (QED) is 0.127. The topological polar surface area (TPSA) is 44.8 Å². The fourth-order valence-corrected chi connectivity index (χ4v) is 10.1. The monoisotopic (exact) mass is 906 g/mol. The second-order valence-corrected chi connectivity index (χ2v) is 15.0. The Morgan fingerprint density at radius 2 is 1.05 bits per heavy atom. The van der Waals surface area contributed by atoms with Gasteiger partial charge in [0.1, 0.15) is 5.75 Å². The number of hydrogen-bond donors (Lipinski definition) is 0. The molecule has 0 aliphatic rings. The summed E-state index contributed by atoms with van der Waals surface area (Å²) in [6, 6.07) is 14.7. The van der Waals surface area contributed by atoms with Gasteiger partial charge in [0.2, 0.25) is 0 Å². The standard InChI is InChI=1S/C26H25Br6O4P/c1-2-3-4-5-6-7-8-17-9-11-20(12-10-17)34-37(33,35-25-21(29)13-18(27)14-22(25)30)36-26-23(31)15-19(28)16-24(26)32/h9-16H,2-8H2,1H3. The first kappa shape index (κ1) is 31.7. The molecule has 0 spiro atoms. The van der Waals surface area contributed by atoms with E-state index in [0.29, 0.717) is 23.6 Å². The fourth-order valence-electron chi connectivity index (χ4n) is 3.47. The van der Waals surface area contributed by atoms with Crippen LogP contribution in [0.2, 0.25) is 0 Å². The molecule has 3 aromatic carbocycles. The summed E-state index contributed by atoms with van der Waals surface area (Å²) in [4.78, 5) is 0. The largest absolute Gasteiger partial charge is 0.647 e. The molecule has 0 bridgehead atoms. The van der Waals surface area contributed by atoms with Crippen molar-refractivity contribution in [3.05, 3.63) is 80.9 Å². The van der Waals surface area contributed by atoms with Gasteiger partial charge in [0.15, 0.2) is 11.5 Å². The number of rotatable bonds is 13. The zero-order chi connectivity index (χ0) is 27.0. The highest BCUT2D eigenvalue weighted by atomic mass is 79.9. The number of hydrogen-bond acceptors (Lipinski definition) is 4. The van der Waals surface area contributed by atoms with E-state index >= 15 is 0 Å². The Hall–Kier alpha value is 0.170. The Labute approximate surface area is 269 Å². The van der Waals surface area contributed by atoms with Crippen LogP contribution in [0, 0.1) is 0 Å². The van der Waals surface area contributed by atoms with Crippen LogP contribution in [0.1, 0.15) is 51.0 Å². The summed E-state index contributed by atoms with van der Waals surface area (Å²) in [5.41, 5.74) is 1.20. The van der Waals surface area contributed by atoms with Crippen LogP contribution in [-0.2, 0) is 11.0 Å². The van der Waals surface area contributed by atoms with E-state index < -0.39 is 7.82 Å². The highest BCUT2D eigenvalue weighted by Gasteiger charge is 2.36. The average molecular weight is 912 g/mol. The molecule has 0 heterocycles. The number of benzene rings is 3. The predicted octanol–water partition coefficient (Wildman–Crippen LogP) is 12.8. The maximum atomic E-state index is 14.1. The highest BCUT2D eigenvalue weighted by Crippen LogP contribution is 2.55. The zero-order valence-corrected chi connectivity index (χ0v) is 30.3. The Balaban J connectivity index is 1.82. The number of phosphoric acid groups is 1. The lowest BCUT2D eigenvalue weighted by atomic mass is 10.1. The molecule has 3 aromatic rings. The predicted molar refractivity (Wildman–Crippen MR) is 172 cm³/mol. The average Bonchev–Trinajstić information content (AvgIpc) is 2.82. The van der Waals surface area contributed by atoms with Crippen LogP contribution in [-0.4, -0.2) is 0 Å². The zero-order valence-electron chi connectivity index (χ0n) is 19.9. The summed E-state index contributed by atoms with van der Waals surface area (Å²) in [6.07, 6.45) is 8.49. The van der Waals surface area contributed by atoms with Gasteiger partial charge in [0, 0.05) is 8.95 Å². The fraction of sp³-hybridized carbons (Fsp3) is 0.308. The molecular weight excluding hydrogens is 887 g/mol. The summed E-state index contributed by atoms with van der Waals surface area (Å²) in [6.45, 7) is 2.23. The second-order valence-electron chi connectivity index (χ2n) is 8.28. The molecule has 37 heavy (non-hydrogen) atoms. The third-order valence-corrected chi connectivity index (χ3v) is 9.81. The molecule has 0 saturated carbocycles. The van der Waals surface area contributed by atoms with Gasteiger partial charge in [-0.05, 0) is 119 Å². The van der Waals surface area contributed by atoms with Gasteiger partial charge in [-0.25, -0.2) is 0 Å². The van der Waals surface area contributed by atoms with Crippen molar-refractivity contribution >= 4 is 103 Å². The molecule has 0 N–H and O–H groups in total. The molecule has 0 saturated heterocycles. The van der Waals surface area contributed by atoms with E-state index in [1.54, 1.807) is 36.4 Å². The van der Waals surface area contributed by atoms with E-state index in [1.165, 1.54) is 37.7 Å². The van der Waals surface area contributed by atoms with Crippen molar-refractivity contribution in [2.45, 2.75) is 51.9 Å². The van der Waals surface area contributed by atoms with Gasteiger partial charge >= 0.3 is 7.82 Å². The first-order valence-corrected chi connectivity index (χ1v) is 17.9. The highest BCUT2D eigenvalue weighted by molar-refractivity contribution is 9.12. The lowest BCUT2D eigenvalue weighted by Crippen LogP contribution is -2.09. The maximum absolute atomic E-state index is 14.1. The number of aryl methyl sites for hydroxylation is 1. The second kappa shape index (κ2) is 15.2. The number of halogens is 6. The van der Waals surface area contributed by atoms with Crippen LogP contribution < -0.4 is 13.6 Å². The molecule has 0 aliphatic heterocycles. The molecule has 0 amide bonds. The summed E-state index contributed by atoms with van der Waals surface area (Å²) in [5.74, 6) is 0.954. The summed E-state index contributed by atoms with van der Waals surface area (Å²) < 4.78 is 35.9. The molecule has 11 heteroatoms. The van der Waals surface area contributed by atoms with Crippen molar-refractivity contribution in [3.63, 3.8) is 0 Å². The van der Waals surface area contributed by atoms with E-state index in [-0.39, 0.29) is 11.5 Å². The number of unbranched alkanes of at least 4 members (excludes halogenated alkanes) is 5. The summed E-state index contributed by atoms with van der Waals surface area (Å²) >= 11 is 20.8. The normalized spacial score (nSPS) is 11.4. The molecular formula is C26H25Br6O4P. The molecule has 0 atom stereocenters. The van der Waals surface area contributed by atoms with Gasteiger partial charge in [-0.3, -0.25) is 0 Å². The molecule has 0 fully saturated rings.